The molecule has 20 heavy (non-hydrogen) atoms. The van der Waals surface area contributed by atoms with Crippen molar-refractivity contribution >= 4 is 16.9 Å². The van der Waals surface area contributed by atoms with Crippen molar-refractivity contribution in [1.82, 2.24) is 5.32 Å². The van der Waals surface area contributed by atoms with Crippen molar-refractivity contribution < 1.29 is 0 Å². The first-order chi connectivity index (χ1) is 9.90. The number of hydrogen-bond acceptors (Lipinski definition) is 2. The van der Waals surface area contributed by atoms with E-state index in [0.29, 0.717) is 6.04 Å². The lowest BCUT2D eigenvalue weighted by molar-refractivity contribution is 0.367. The maximum Gasteiger partial charge on any atom is 0.156 e. The van der Waals surface area contributed by atoms with Crippen LogP contribution in [0.5, 0.6) is 0 Å². The summed E-state index contributed by atoms with van der Waals surface area (Å²) in [6.45, 7) is 1.04. The molecule has 108 valence electrons. The van der Waals surface area contributed by atoms with E-state index >= 15 is 0 Å². The maximum absolute atomic E-state index is 4.81. The van der Waals surface area contributed by atoms with Crippen LogP contribution in [0, 0.1) is 5.92 Å². The van der Waals surface area contributed by atoms with Gasteiger partial charge in [0.1, 0.15) is 0 Å². The number of amidine groups is 1. The molecule has 1 aliphatic carbocycles. The summed E-state index contributed by atoms with van der Waals surface area (Å²) in [6, 6.07) is 11.3. The molecule has 1 aliphatic heterocycles. The minimum Gasteiger partial charge on any atom is -0.361 e. The lowest BCUT2D eigenvalue weighted by Crippen LogP contribution is -2.29. The molecule has 1 unspecified atom stereocenters. The van der Waals surface area contributed by atoms with Gasteiger partial charge in [0.05, 0.1) is 0 Å². The van der Waals surface area contributed by atoms with E-state index in [2.05, 4.69) is 35.6 Å². The molecule has 2 aliphatic rings. The van der Waals surface area contributed by atoms with Crippen LogP contribution in [-0.4, -0.2) is 23.5 Å². The molecule has 1 saturated heterocycles. The highest BCUT2D eigenvalue weighted by molar-refractivity contribution is 8.14. The summed E-state index contributed by atoms with van der Waals surface area (Å²) in [6.07, 6.45) is 8.12. The van der Waals surface area contributed by atoms with Crippen LogP contribution in [0.25, 0.3) is 0 Å². The summed E-state index contributed by atoms with van der Waals surface area (Å²) in [5, 5.41) is 4.77. The molecule has 2 nitrogen and oxygen atoms in total. The molecular formula is C17H24N2S. The lowest BCUT2D eigenvalue weighted by atomic mass is 9.89. The van der Waals surface area contributed by atoms with E-state index in [0.717, 1.165) is 24.6 Å². The highest BCUT2D eigenvalue weighted by Crippen LogP contribution is 2.24. The Bertz CT molecular complexity index is 438. The Balaban J connectivity index is 1.46. The Kier molecular flexibility index (Phi) is 5.01. The minimum absolute atomic E-state index is 0.549. The van der Waals surface area contributed by atoms with Gasteiger partial charge in [0.2, 0.25) is 0 Å². The van der Waals surface area contributed by atoms with Crippen LogP contribution in [0.3, 0.4) is 0 Å². The topological polar surface area (TPSA) is 24.4 Å². The second-order valence-corrected chi connectivity index (χ2v) is 7.00. The average molecular weight is 288 g/mol. The summed E-state index contributed by atoms with van der Waals surface area (Å²) in [5.41, 5.74) is 1.42. The Hall–Kier alpha value is -0.960. The fourth-order valence-electron chi connectivity index (χ4n) is 3.12. The number of thioether (sulfide) groups is 1. The summed E-state index contributed by atoms with van der Waals surface area (Å²) in [4.78, 5) is 4.81. The molecule has 1 heterocycles. The van der Waals surface area contributed by atoms with Gasteiger partial charge in [-0.05, 0) is 30.7 Å². The van der Waals surface area contributed by atoms with Crippen molar-refractivity contribution in [3.05, 3.63) is 35.9 Å². The molecule has 3 heteroatoms. The van der Waals surface area contributed by atoms with Crippen LogP contribution < -0.4 is 5.32 Å². The minimum atomic E-state index is 0.549. The van der Waals surface area contributed by atoms with Crippen LogP contribution in [0.4, 0.5) is 0 Å². The molecule has 2 fully saturated rings. The fraction of sp³-hybridized carbons (Fsp3) is 0.588. The molecule has 1 aromatic rings. The second kappa shape index (κ2) is 7.16. The largest absolute Gasteiger partial charge is 0.361 e. The molecular weight excluding hydrogens is 264 g/mol. The fourth-order valence-corrected chi connectivity index (χ4v) is 4.10. The van der Waals surface area contributed by atoms with Gasteiger partial charge in [-0.15, -0.1) is 0 Å². The van der Waals surface area contributed by atoms with Crippen LogP contribution in [0.15, 0.2) is 35.3 Å². The zero-order valence-corrected chi connectivity index (χ0v) is 12.9. The number of nitrogens with one attached hydrogen (secondary N) is 1. The van der Waals surface area contributed by atoms with E-state index in [1.165, 1.54) is 42.8 Å². The van der Waals surface area contributed by atoms with Gasteiger partial charge in [-0.3, -0.25) is 4.99 Å². The third kappa shape index (κ3) is 4.02. The second-order valence-electron chi connectivity index (χ2n) is 5.99. The molecule has 3 rings (SSSR count). The van der Waals surface area contributed by atoms with Crippen LogP contribution >= 0.6 is 11.8 Å². The van der Waals surface area contributed by atoms with Crippen LogP contribution in [0.1, 0.15) is 37.7 Å². The Morgan fingerprint density at radius 1 is 1.10 bits per heavy atom. The van der Waals surface area contributed by atoms with Crippen molar-refractivity contribution in [3.63, 3.8) is 0 Å². The van der Waals surface area contributed by atoms with E-state index < -0.39 is 0 Å². The SMILES string of the molecule is c1ccc(CC2CSC(=NCC3CCCCC3)N2)cc1. The van der Waals surface area contributed by atoms with E-state index in [4.69, 9.17) is 4.99 Å². The molecule has 1 aromatic carbocycles. The van der Waals surface area contributed by atoms with Gasteiger partial charge >= 0.3 is 0 Å². The van der Waals surface area contributed by atoms with Crippen molar-refractivity contribution in [1.29, 1.82) is 0 Å². The Morgan fingerprint density at radius 3 is 2.70 bits per heavy atom. The standard InChI is InChI=1S/C17H24N2S/c1-3-7-14(8-4-1)11-16-13-20-17(19-16)18-12-15-9-5-2-6-10-15/h1,3-4,7-8,15-16H,2,5-6,9-13H2,(H,18,19). The van der Waals surface area contributed by atoms with E-state index in [-0.39, 0.29) is 0 Å². The highest BCUT2D eigenvalue weighted by atomic mass is 32.2. The zero-order valence-electron chi connectivity index (χ0n) is 12.1. The maximum atomic E-state index is 4.81. The number of aliphatic imine (C=N–C) groups is 1. The quantitative estimate of drug-likeness (QED) is 0.909. The van der Waals surface area contributed by atoms with Gasteiger partial charge in [0, 0.05) is 18.3 Å². The monoisotopic (exact) mass is 288 g/mol. The predicted molar refractivity (Wildman–Crippen MR) is 88.4 cm³/mol. The van der Waals surface area contributed by atoms with Gasteiger partial charge in [0.25, 0.3) is 0 Å². The van der Waals surface area contributed by atoms with Gasteiger partial charge < -0.3 is 5.32 Å². The normalized spacial score (nSPS) is 25.8. The summed E-state index contributed by atoms with van der Waals surface area (Å²) in [7, 11) is 0. The van der Waals surface area contributed by atoms with Crippen LogP contribution in [-0.2, 0) is 6.42 Å². The van der Waals surface area contributed by atoms with Gasteiger partial charge in [-0.25, -0.2) is 0 Å². The molecule has 1 saturated carbocycles. The summed E-state index contributed by atoms with van der Waals surface area (Å²) >= 11 is 1.90. The Morgan fingerprint density at radius 2 is 1.90 bits per heavy atom. The number of hydrogen-bond donors (Lipinski definition) is 1. The molecule has 1 atom stereocenters. The summed E-state index contributed by atoms with van der Waals surface area (Å²) < 4.78 is 0. The molecule has 0 bridgehead atoms. The summed E-state index contributed by atoms with van der Waals surface area (Å²) in [5.74, 6) is 1.99. The van der Waals surface area contributed by atoms with Gasteiger partial charge in [-0.1, -0.05) is 61.4 Å². The zero-order chi connectivity index (χ0) is 13.6. The number of rotatable bonds is 4. The van der Waals surface area contributed by atoms with Gasteiger partial charge in [-0.2, -0.15) is 0 Å². The predicted octanol–water partition coefficient (Wildman–Crippen LogP) is 3.87. The van der Waals surface area contributed by atoms with Crippen molar-refractivity contribution in [2.75, 3.05) is 12.3 Å². The highest BCUT2D eigenvalue weighted by Gasteiger charge is 2.21. The third-order valence-electron chi connectivity index (χ3n) is 4.29. The smallest absolute Gasteiger partial charge is 0.156 e. The average Bonchev–Trinajstić information content (AvgIpc) is 2.95. The van der Waals surface area contributed by atoms with Crippen LogP contribution in [0.2, 0.25) is 0 Å². The molecule has 1 N–H and O–H groups in total. The first kappa shape index (κ1) is 14.0. The molecule has 0 aromatic heterocycles. The molecule has 0 amide bonds. The third-order valence-corrected chi connectivity index (χ3v) is 5.38. The van der Waals surface area contributed by atoms with Gasteiger partial charge in [0.15, 0.2) is 5.17 Å². The Labute approximate surface area is 126 Å². The molecule has 0 spiro atoms. The lowest BCUT2D eigenvalue weighted by Gasteiger charge is -2.19. The van der Waals surface area contributed by atoms with Crippen molar-refractivity contribution in [3.8, 4) is 0 Å². The first-order valence-corrected chi connectivity index (χ1v) is 8.86. The number of benzene rings is 1. The van der Waals surface area contributed by atoms with E-state index in [1.807, 2.05) is 11.8 Å². The first-order valence-electron chi connectivity index (χ1n) is 7.88. The van der Waals surface area contributed by atoms with Crippen molar-refractivity contribution in [2.24, 2.45) is 10.9 Å². The van der Waals surface area contributed by atoms with E-state index in [1.54, 1.807) is 0 Å². The molecule has 0 radical (unpaired) electrons. The van der Waals surface area contributed by atoms with E-state index in [9.17, 15) is 0 Å². The van der Waals surface area contributed by atoms with Crippen molar-refractivity contribution in [2.45, 2.75) is 44.6 Å². The number of nitrogens with zero attached hydrogens (tertiary/aromatic N) is 1.